The number of hydrogen-bond acceptors (Lipinski definition) is 5. The summed E-state index contributed by atoms with van der Waals surface area (Å²) >= 11 is 12.8. The van der Waals surface area contributed by atoms with Gasteiger partial charge in [0.1, 0.15) is 4.88 Å². The Kier molecular flexibility index (Phi) is 6.59. The zero-order chi connectivity index (χ0) is 16.8. The van der Waals surface area contributed by atoms with Gasteiger partial charge in [0.05, 0.1) is 12.1 Å². The molecule has 2 rings (SSSR count). The van der Waals surface area contributed by atoms with Crippen LogP contribution in [0.4, 0.5) is 5.69 Å². The molecule has 0 saturated carbocycles. The summed E-state index contributed by atoms with van der Waals surface area (Å²) in [6.07, 6.45) is 0.875. The number of carbonyl (C=O) groups excluding carboxylic acids is 1. The van der Waals surface area contributed by atoms with Crippen molar-refractivity contribution in [2.45, 2.75) is 6.42 Å². The van der Waals surface area contributed by atoms with E-state index in [1.165, 1.54) is 18.4 Å². The Hall–Kier alpha value is -1.41. The molecule has 0 radical (unpaired) electrons. The lowest BCUT2D eigenvalue weighted by atomic mass is 10.2. The van der Waals surface area contributed by atoms with Gasteiger partial charge in [0.15, 0.2) is 5.11 Å². The molecule has 0 aliphatic carbocycles. The number of ether oxygens (including phenoxy) is 2. The molecular weight excluding hydrogens is 356 g/mol. The van der Waals surface area contributed by atoms with Crippen LogP contribution in [-0.2, 0) is 9.47 Å². The van der Waals surface area contributed by atoms with E-state index in [1.54, 1.807) is 7.11 Å². The highest BCUT2D eigenvalue weighted by Crippen LogP contribution is 2.37. The minimum atomic E-state index is -0.430. The average Bonchev–Trinajstić information content (AvgIpc) is 2.87. The van der Waals surface area contributed by atoms with Crippen LogP contribution < -0.4 is 10.6 Å². The molecule has 0 saturated heterocycles. The Morgan fingerprint density at radius 3 is 2.87 bits per heavy atom. The highest BCUT2D eigenvalue weighted by Gasteiger charge is 2.17. The Morgan fingerprint density at radius 1 is 1.39 bits per heavy atom. The number of benzene rings is 1. The maximum atomic E-state index is 11.7. The number of rotatable bonds is 6. The molecule has 0 fully saturated rings. The van der Waals surface area contributed by atoms with Gasteiger partial charge in [0.25, 0.3) is 0 Å². The van der Waals surface area contributed by atoms with Gasteiger partial charge >= 0.3 is 5.97 Å². The third-order valence-electron chi connectivity index (χ3n) is 3.07. The van der Waals surface area contributed by atoms with E-state index in [0.29, 0.717) is 21.6 Å². The molecular formula is C15H17ClN2O3S2. The summed E-state index contributed by atoms with van der Waals surface area (Å²) in [4.78, 5) is 12.1. The van der Waals surface area contributed by atoms with Crippen LogP contribution in [0.5, 0.6) is 0 Å². The first-order valence-electron chi connectivity index (χ1n) is 6.91. The van der Waals surface area contributed by atoms with Gasteiger partial charge in [0.2, 0.25) is 0 Å². The van der Waals surface area contributed by atoms with E-state index in [2.05, 4.69) is 10.6 Å². The summed E-state index contributed by atoms with van der Waals surface area (Å²) < 4.78 is 10.6. The number of carbonyl (C=O) groups is 1. The standard InChI is InChI=1S/C15H17ClN2O3S2/c1-20-7-3-6-17-15(22)18-9-4-5-10-11(8-9)23-13(12(10)16)14(19)21-2/h4-5,8H,3,6-7H2,1-2H3,(H2,17,18,22). The van der Waals surface area contributed by atoms with Gasteiger partial charge in [-0.05, 0) is 36.8 Å². The highest BCUT2D eigenvalue weighted by molar-refractivity contribution is 7.80. The van der Waals surface area contributed by atoms with E-state index < -0.39 is 5.97 Å². The van der Waals surface area contributed by atoms with Gasteiger partial charge in [-0.3, -0.25) is 0 Å². The van der Waals surface area contributed by atoms with Crippen LogP contribution >= 0.6 is 35.2 Å². The minimum absolute atomic E-state index is 0.404. The number of esters is 1. The number of thiophene rings is 1. The molecule has 5 nitrogen and oxygen atoms in total. The highest BCUT2D eigenvalue weighted by atomic mass is 35.5. The first-order valence-corrected chi connectivity index (χ1v) is 8.51. The van der Waals surface area contributed by atoms with Crippen LogP contribution in [0.25, 0.3) is 10.1 Å². The molecule has 23 heavy (non-hydrogen) atoms. The first kappa shape index (κ1) is 17.9. The van der Waals surface area contributed by atoms with E-state index in [9.17, 15) is 4.79 Å². The molecule has 2 N–H and O–H groups in total. The summed E-state index contributed by atoms with van der Waals surface area (Å²) in [6, 6.07) is 5.63. The van der Waals surface area contributed by atoms with Crippen molar-refractivity contribution in [3.63, 3.8) is 0 Å². The Morgan fingerprint density at radius 2 is 2.17 bits per heavy atom. The molecule has 0 unspecified atom stereocenters. The normalized spacial score (nSPS) is 10.6. The molecule has 2 aromatic rings. The number of halogens is 1. The maximum absolute atomic E-state index is 11.7. The first-order chi connectivity index (χ1) is 11.1. The SMILES string of the molecule is COCCCNC(=S)Nc1ccc2c(Cl)c(C(=O)OC)sc2c1. The van der Waals surface area contributed by atoms with Crippen molar-refractivity contribution >= 4 is 62.0 Å². The Bertz CT molecular complexity index is 718. The zero-order valence-electron chi connectivity index (χ0n) is 12.8. The van der Waals surface area contributed by atoms with Crippen LogP contribution in [0.3, 0.4) is 0 Å². The summed E-state index contributed by atoms with van der Waals surface area (Å²) in [5, 5.41) is 7.99. The average molecular weight is 373 g/mol. The molecule has 8 heteroatoms. The fourth-order valence-electron chi connectivity index (χ4n) is 1.96. The second kappa shape index (κ2) is 8.44. The van der Waals surface area contributed by atoms with Crippen LogP contribution in [0.1, 0.15) is 16.1 Å². The van der Waals surface area contributed by atoms with Gasteiger partial charge < -0.3 is 20.1 Å². The van der Waals surface area contributed by atoms with E-state index >= 15 is 0 Å². The summed E-state index contributed by atoms with van der Waals surface area (Å²) in [5.74, 6) is -0.430. The molecule has 0 atom stereocenters. The molecule has 0 bridgehead atoms. The predicted molar refractivity (Wildman–Crippen MR) is 98.9 cm³/mol. The van der Waals surface area contributed by atoms with Crippen LogP contribution in [-0.4, -0.2) is 38.5 Å². The predicted octanol–water partition coefficient (Wildman–Crippen LogP) is 3.66. The van der Waals surface area contributed by atoms with Crippen molar-refractivity contribution in [3.05, 3.63) is 28.1 Å². The number of anilines is 1. The Labute approximate surface area is 148 Å². The lowest BCUT2D eigenvalue weighted by molar-refractivity contribution is 0.0606. The fraction of sp³-hybridized carbons (Fsp3) is 0.333. The second-order valence-electron chi connectivity index (χ2n) is 4.67. The van der Waals surface area contributed by atoms with Gasteiger partial charge in [-0.2, -0.15) is 0 Å². The van der Waals surface area contributed by atoms with Crippen molar-refractivity contribution in [1.29, 1.82) is 0 Å². The third-order valence-corrected chi connectivity index (χ3v) is 4.95. The second-order valence-corrected chi connectivity index (χ2v) is 6.51. The monoisotopic (exact) mass is 372 g/mol. The van der Waals surface area contributed by atoms with Gasteiger partial charge in [-0.15, -0.1) is 11.3 Å². The molecule has 0 spiro atoms. The maximum Gasteiger partial charge on any atom is 0.349 e. The number of hydrogen-bond donors (Lipinski definition) is 2. The summed E-state index contributed by atoms with van der Waals surface area (Å²) in [7, 11) is 3.00. The van der Waals surface area contributed by atoms with Gasteiger partial charge in [0, 0.05) is 36.0 Å². The van der Waals surface area contributed by atoms with E-state index in [0.717, 1.165) is 28.7 Å². The van der Waals surface area contributed by atoms with Crippen molar-refractivity contribution in [3.8, 4) is 0 Å². The molecule has 1 aromatic carbocycles. The fourth-order valence-corrected chi connectivity index (χ4v) is 3.65. The number of nitrogens with one attached hydrogen (secondary N) is 2. The lowest BCUT2D eigenvalue weighted by Crippen LogP contribution is -2.29. The molecule has 0 amide bonds. The lowest BCUT2D eigenvalue weighted by Gasteiger charge is -2.10. The summed E-state index contributed by atoms with van der Waals surface area (Å²) in [5.41, 5.74) is 0.830. The zero-order valence-corrected chi connectivity index (χ0v) is 15.2. The topological polar surface area (TPSA) is 59.6 Å². The van der Waals surface area contributed by atoms with Crippen molar-refractivity contribution < 1.29 is 14.3 Å². The van der Waals surface area contributed by atoms with Crippen molar-refractivity contribution in [2.75, 3.05) is 32.7 Å². The number of thiocarbonyl (C=S) groups is 1. The molecule has 1 aromatic heterocycles. The number of fused-ring (bicyclic) bond motifs is 1. The van der Waals surface area contributed by atoms with Crippen LogP contribution in [0.2, 0.25) is 5.02 Å². The molecule has 0 aliphatic heterocycles. The van der Waals surface area contributed by atoms with Gasteiger partial charge in [-0.1, -0.05) is 11.6 Å². The van der Waals surface area contributed by atoms with E-state index in [-0.39, 0.29) is 0 Å². The molecule has 124 valence electrons. The molecule has 0 aliphatic rings. The van der Waals surface area contributed by atoms with Crippen molar-refractivity contribution in [2.24, 2.45) is 0 Å². The largest absolute Gasteiger partial charge is 0.465 e. The van der Waals surface area contributed by atoms with Crippen LogP contribution in [0.15, 0.2) is 18.2 Å². The number of methoxy groups -OCH3 is 2. The quantitative estimate of drug-likeness (QED) is 0.458. The van der Waals surface area contributed by atoms with E-state index in [1.807, 2.05) is 18.2 Å². The summed E-state index contributed by atoms with van der Waals surface area (Å²) in [6.45, 7) is 1.42. The minimum Gasteiger partial charge on any atom is -0.465 e. The van der Waals surface area contributed by atoms with Gasteiger partial charge in [-0.25, -0.2) is 4.79 Å². The smallest absolute Gasteiger partial charge is 0.349 e. The Balaban J connectivity index is 2.08. The van der Waals surface area contributed by atoms with Crippen LogP contribution in [0, 0.1) is 0 Å². The third kappa shape index (κ3) is 4.54. The van der Waals surface area contributed by atoms with Crippen molar-refractivity contribution in [1.82, 2.24) is 5.32 Å². The molecule has 1 heterocycles. The van der Waals surface area contributed by atoms with E-state index in [4.69, 9.17) is 33.3 Å².